The summed E-state index contributed by atoms with van der Waals surface area (Å²) in [6.45, 7) is 7.73. The van der Waals surface area contributed by atoms with Crippen molar-refractivity contribution in [1.29, 1.82) is 5.41 Å². The number of nitrogens with one attached hydrogen (secondary N) is 1. The maximum atomic E-state index is 13.2. The highest BCUT2D eigenvalue weighted by atomic mass is 19.1. The summed E-state index contributed by atoms with van der Waals surface area (Å²) in [7, 11) is 0. The van der Waals surface area contributed by atoms with Crippen molar-refractivity contribution in [3.05, 3.63) is 47.4 Å². The van der Waals surface area contributed by atoms with Crippen LogP contribution >= 0.6 is 0 Å². The third kappa shape index (κ3) is 5.11. The van der Waals surface area contributed by atoms with Crippen molar-refractivity contribution in [2.45, 2.75) is 47.0 Å². The van der Waals surface area contributed by atoms with Crippen molar-refractivity contribution in [1.82, 2.24) is 0 Å². The summed E-state index contributed by atoms with van der Waals surface area (Å²) in [5.41, 5.74) is 1.47. The van der Waals surface area contributed by atoms with E-state index in [-0.39, 0.29) is 18.2 Å². The molecule has 0 aliphatic heterocycles. The number of aliphatic imine (C=N–C) groups is 1. The van der Waals surface area contributed by atoms with Crippen LogP contribution in [0.15, 0.2) is 41.0 Å². The van der Waals surface area contributed by atoms with Crippen molar-refractivity contribution >= 4 is 18.1 Å². The first-order valence-corrected chi connectivity index (χ1v) is 8.06. The Hall–Kier alpha value is -2.30. The molecular formula is C19H25FN2O2. The van der Waals surface area contributed by atoms with E-state index >= 15 is 0 Å². The van der Waals surface area contributed by atoms with Crippen LogP contribution < -0.4 is 0 Å². The largest absolute Gasteiger partial charge is 0.413 e. The second kappa shape index (κ2) is 9.11. The highest BCUT2D eigenvalue weighted by Crippen LogP contribution is 2.30. The fourth-order valence-corrected chi connectivity index (χ4v) is 2.27. The van der Waals surface area contributed by atoms with E-state index in [1.54, 1.807) is 32.1 Å². The zero-order valence-electron chi connectivity index (χ0n) is 14.7. The Labute approximate surface area is 143 Å². The van der Waals surface area contributed by atoms with Gasteiger partial charge in [-0.05, 0) is 51.3 Å². The molecule has 0 aromatic heterocycles. The van der Waals surface area contributed by atoms with E-state index in [9.17, 15) is 9.18 Å². The topological polar surface area (TPSA) is 62.5 Å². The number of ether oxygens (including phenoxy) is 1. The van der Waals surface area contributed by atoms with E-state index in [2.05, 4.69) is 6.92 Å². The van der Waals surface area contributed by atoms with E-state index in [0.717, 1.165) is 30.5 Å². The average molecular weight is 332 g/mol. The van der Waals surface area contributed by atoms with E-state index in [1.165, 1.54) is 12.1 Å². The smallest absolute Gasteiger partial charge is 0.299 e. The third-order valence-corrected chi connectivity index (χ3v) is 3.85. The lowest BCUT2D eigenvalue weighted by Gasteiger charge is -2.25. The molecule has 0 atom stereocenters. The summed E-state index contributed by atoms with van der Waals surface area (Å²) in [5, 5.41) is 7.93. The molecule has 1 rings (SSSR count). The average Bonchev–Trinajstić information content (AvgIpc) is 2.56. The highest BCUT2D eigenvalue weighted by molar-refractivity contribution is 6.01. The fourth-order valence-electron chi connectivity index (χ4n) is 2.27. The second-order valence-electron chi connectivity index (χ2n) is 6.01. The number of nitrogens with zero attached hydrogens (tertiary/aromatic N) is 1. The van der Waals surface area contributed by atoms with Crippen molar-refractivity contribution in [2.75, 3.05) is 0 Å². The predicted molar refractivity (Wildman–Crippen MR) is 94.9 cm³/mol. The standard InChI is InChI=1S/C19H25FN2O2/c1-5-7-8-16(14-9-11-15(20)12-10-14)22-17(6-2)19(3,4)18(21)24-13-23/h6,9-13,21H,5,7-8H2,1-4H3/b17-6-,21-18?,22-16?. The Morgan fingerprint density at radius 1 is 1.33 bits per heavy atom. The number of allylic oxidation sites excluding steroid dienone is 1. The molecule has 0 spiro atoms. The van der Waals surface area contributed by atoms with Crippen molar-refractivity contribution in [3.63, 3.8) is 0 Å². The van der Waals surface area contributed by atoms with E-state index < -0.39 is 5.41 Å². The maximum absolute atomic E-state index is 13.2. The van der Waals surface area contributed by atoms with Gasteiger partial charge >= 0.3 is 0 Å². The zero-order chi connectivity index (χ0) is 18.2. The molecule has 1 N–H and O–H groups in total. The molecule has 5 heteroatoms. The van der Waals surface area contributed by atoms with Gasteiger partial charge in [0, 0.05) is 5.71 Å². The van der Waals surface area contributed by atoms with Crippen LogP contribution in [0.4, 0.5) is 4.39 Å². The molecule has 0 heterocycles. The lowest BCUT2D eigenvalue weighted by Crippen LogP contribution is -2.28. The summed E-state index contributed by atoms with van der Waals surface area (Å²) in [6.07, 6.45) is 4.52. The number of rotatable bonds is 8. The molecule has 0 fully saturated rings. The number of unbranched alkanes of at least 4 members (excludes halogenated alkanes) is 1. The summed E-state index contributed by atoms with van der Waals surface area (Å²) in [5.74, 6) is -0.454. The van der Waals surface area contributed by atoms with Gasteiger partial charge in [0.1, 0.15) is 5.82 Å². The van der Waals surface area contributed by atoms with Gasteiger partial charge in [0.05, 0.1) is 11.1 Å². The summed E-state index contributed by atoms with van der Waals surface area (Å²) < 4.78 is 17.9. The minimum Gasteiger partial charge on any atom is -0.413 e. The number of hydrogen-bond donors (Lipinski definition) is 1. The summed E-state index contributed by atoms with van der Waals surface area (Å²) in [4.78, 5) is 15.3. The van der Waals surface area contributed by atoms with Gasteiger partial charge in [0.15, 0.2) is 0 Å². The Balaban J connectivity index is 3.25. The third-order valence-electron chi connectivity index (χ3n) is 3.85. The van der Waals surface area contributed by atoms with Crippen LogP contribution in [-0.4, -0.2) is 18.1 Å². The van der Waals surface area contributed by atoms with Gasteiger partial charge in [-0.3, -0.25) is 15.2 Å². The SMILES string of the molecule is C/C=C(\N=C(CCCC)c1ccc(F)cc1)C(C)(C)C(=N)OC=O. The van der Waals surface area contributed by atoms with Crippen LogP contribution in [-0.2, 0) is 9.53 Å². The molecule has 130 valence electrons. The van der Waals surface area contributed by atoms with Crippen LogP contribution in [0.2, 0.25) is 0 Å². The fraction of sp³-hybridized carbons (Fsp3) is 0.421. The molecule has 0 aliphatic carbocycles. The number of benzene rings is 1. The lowest BCUT2D eigenvalue weighted by atomic mass is 9.88. The first-order valence-electron chi connectivity index (χ1n) is 8.06. The van der Waals surface area contributed by atoms with Crippen molar-refractivity contribution < 1.29 is 13.9 Å². The van der Waals surface area contributed by atoms with Crippen LogP contribution in [0.25, 0.3) is 0 Å². The van der Waals surface area contributed by atoms with Crippen LogP contribution in [0.5, 0.6) is 0 Å². The van der Waals surface area contributed by atoms with Crippen molar-refractivity contribution in [2.24, 2.45) is 10.4 Å². The molecule has 0 aliphatic rings. The molecule has 0 unspecified atom stereocenters. The maximum Gasteiger partial charge on any atom is 0.299 e. The van der Waals surface area contributed by atoms with Gasteiger partial charge in [-0.2, -0.15) is 0 Å². The van der Waals surface area contributed by atoms with Gasteiger partial charge in [0.25, 0.3) is 6.47 Å². The van der Waals surface area contributed by atoms with Crippen LogP contribution in [0.1, 0.15) is 52.5 Å². The molecule has 0 amide bonds. The van der Waals surface area contributed by atoms with Gasteiger partial charge in [-0.1, -0.05) is 31.6 Å². The molecule has 1 aromatic rings. The van der Waals surface area contributed by atoms with E-state index in [0.29, 0.717) is 5.70 Å². The van der Waals surface area contributed by atoms with Crippen molar-refractivity contribution in [3.8, 4) is 0 Å². The Bertz CT molecular complexity index is 631. The number of hydrogen-bond acceptors (Lipinski definition) is 4. The molecule has 0 radical (unpaired) electrons. The molecule has 4 nitrogen and oxygen atoms in total. The second-order valence-corrected chi connectivity index (χ2v) is 6.01. The monoisotopic (exact) mass is 332 g/mol. The lowest BCUT2D eigenvalue weighted by molar-refractivity contribution is -0.122. The quantitative estimate of drug-likeness (QED) is 0.419. The minimum atomic E-state index is -0.840. The predicted octanol–water partition coefficient (Wildman–Crippen LogP) is 4.89. The Morgan fingerprint density at radius 3 is 2.46 bits per heavy atom. The zero-order valence-corrected chi connectivity index (χ0v) is 14.7. The number of carbonyl (C=O) groups excluding carboxylic acids is 1. The Morgan fingerprint density at radius 2 is 1.96 bits per heavy atom. The summed E-state index contributed by atoms with van der Waals surface area (Å²) >= 11 is 0. The van der Waals surface area contributed by atoms with Gasteiger partial charge in [-0.25, -0.2) is 4.39 Å². The number of carbonyl (C=O) groups is 1. The molecule has 0 saturated heterocycles. The van der Waals surface area contributed by atoms with Gasteiger partial charge in [-0.15, -0.1) is 0 Å². The Kier molecular flexibility index (Phi) is 7.49. The molecule has 0 saturated carbocycles. The molecule has 24 heavy (non-hydrogen) atoms. The van der Waals surface area contributed by atoms with Gasteiger partial charge < -0.3 is 4.74 Å². The van der Waals surface area contributed by atoms with Gasteiger partial charge in [0.2, 0.25) is 5.90 Å². The first kappa shape index (κ1) is 19.7. The van der Waals surface area contributed by atoms with Crippen LogP contribution in [0.3, 0.4) is 0 Å². The first-order chi connectivity index (χ1) is 11.4. The molecule has 1 aromatic carbocycles. The number of halogens is 1. The summed E-state index contributed by atoms with van der Waals surface area (Å²) in [6, 6.07) is 6.23. The molecular weight excluding hydrogens is 307 g/mol. The molecule has 0 bridgehead atoms. The minimum absolute atomic E-state index is 0.164. The highest BCUT2D eigenvalue weighted by Gasteiger charge is 2.30. The van der Waals surface area contributed by atoms with E-state index in [4.69, 9.17) is 15.1 Å². The van der Waals surface area contributed by atoms with Crippen LogP contribution in [0, 0.1) is 16.6 Å². The van der Waals surface area contributed by atoms with E-state index in [1.807, 2.05) is 6.92 Å². The normalized spacial score (nSPS) is 12.9.